The van der Waals surface area contributed by atoms with E-state index < -0.39 is 0 Å². The quantitative estimate of drug-likeness (QED) is 0.153. The summed E-state index contributed by atoms with van der Waals surface area (Å²) in [7, 11) is 0. The van der Waals surface area contributed by atoms with E-state index in [1.807, 2.05) is 0 Å². The Kier molecular flexibility index (Phi) is 9.42. The maximum Gasteiger partial charge on any atom is 0.161 e. The van der Waals surface area contributed by atoms with Crippen molar-refractivity contribution in [2.24, 2.45) is 0 Å². The van der Waals surface area contributed by atoms with E-state index in [2.05, 4.69) is 231 Å². The number of fused-ring (bicyclic) bond motifs is 3. The molecule has 0 saturated heterocycles. The van der Waals surface area contributed by atoms with Gasteiger partial charge in [-0.3, -0.25) is 0 Å². The molecule has 0 N–H and O–H groups in total. The van der Waals surface area contributed by atoms with E-state index >= 15 is 0 Å². The Morgan fingerprint density at radius 1 is 0.262 bits per heavy atom. The molecule has 2 heterocycles. The lowest BCUT2D eigenvalue weighted by atomic mass is 9.89. The fraction of sp³-hybridized carbons (Fsp3) is 0. The molecule has 286 valence electrons. The summed E-state index contributed by atoms with van der Waals surface area (Å²) in [6.07, 6.45) is 0. The van der Waals surface area contributed by atoms with Crippen molar-refractivity contribution in [2.45, 2.75) is 0 Å². The highest BCUT2D eigenvalue weighted by Crippen LogP contribution is 2.42. The molecule has 0 unspecified atom stereocenters. The van der Waals surface area contributed by atoms with Gasteiger partial charge in [-0.25, -0.2) is 9.97 Å². The molecule has 0 atom stereocenters. The smallest absolute Gasteiger partial charge is 0.161 e. The molecule has 11 rings (SSSR count). The van der Waals surface area contributed by atoms with Crippen LogP contribution in [0.5, 0.6) is 0 Å². The molecule has 0 saturated carbocycles. The van der Waals surface area contributed by atoms with Gasteiger partial charge in [0.15, 0.2) is 5.82 Å². The average molecular weight is 795 g/mol. The van der Waals surface area contributed by atoms with Crippen LogP contribution in [0.4, 0.5) is 0 Å². The SMILES string of the molecule is c1ccc(-c2cc(-c3ccccc3)cc(-c3cc(-c4cc(-c5ccccc5)cc(-c5ccccc5)c4)cc(-c4nc(-c5ccccc5)c5c(n4)sc4ccccc45)c3)c2)cc1. The molecular formula is C58H38N2S. The molecular weight excluding hydrogens is 757 g/mol. The number of nitrogens with zero attached hydrogens (tertiary/aromatic N) is 2. The van der Waals surface area contributed by atoms with E-state index in [9.17, 15) is 0 Å². The first-order valence-electron chi connectivity index (χ1n) is 20.6. The molecule has 2 aromatic heterocycles. The second kappa shape index (κ2) is 15.8. The second-order valence-corrected chi connectivity index (χ2v) is 16.4. The minimum Gasteiger partial charge on any atom is -0.227 e. The van der Waals surface area contributed by atoms with Gasteiger partial charge in [-0.15, -0.1) is 11.3 Å². The number of thiophene rings is 1. The van der Waals surface area contributed by atoms with Gasteiger partial charge in [0, 0.05) is 26.6 Å². The normalized spacial score (nSPS) is 11.3. The van der Waals surface area contributed by atoms with E-state index in [1.165, 1.54) is 32.3 Å². The molecule has 61 heavy (non-hydrogen) atoms. The largest absolute Gasteiger partial charge is 0.227 e. The van der Waals surface area contributed by atoms with Crippen LogP contribution in [0.3, 0.4) is 0 Å². The van der Waals surface area contributed by atoms with Crippen LogP contribution in [0.15, 0.2) is 231 Å². The Morgan fingerprint density at radius 2 is 0.574 bits per heavy atom. The second-order valence-electron chi connectivity index (χ2n) is 15.4. The van der Waals surface area contributed by atoms with Gasteiger partial charge in [0.2, 0.25) is 0 Å². The maximum atomic E-state index is 5.49. The van der Waals surface area contributed by atoms with Crippen molar-refractivity contribution in [3.05, 3.63) is 231 Å². The molecule has 0 amide bonds. The van der Waals surface area contributed by atoms with Crippen LogP contribution in [0.1, 0.15) is 0 Å². The highest BCUT2D eigenvalue weighted by Gasteiger charge is 2.19. The molecule has 0 spiro atoms. The molecule has 0 aliphatic heterocycles. The zero-order valence-electron chi connectivity index (χ0n) is 33.2. The summed E-state index contributed by atoms with van der Waals surface area (Å²) in [6.45, 7) is 0. The fourth-order valence-electron chi connectivity index (χ4n) is 8.42. The lowest BCUT2D eigenvalue weighted by molar-refractivity contribution is 1.24. The maximum absolute atomic E-state index is 5.49. The Bertz CT molecular complexity index is 3060. The summed E-state index contributed by atoms with van der Waals surface area (Å²) in [5.74, 6) is 0.700. The summed E-state index contributed by atoms with van der Waals surface area (Å²) < 4.78 is 1.20. The minimum absolute atomic E-state index is 0.700. The van der Waals surface area contributed by atoms with Gasteiger partial charge in [0.25, 0.3) is 0 Å². The van der Waals surface area contributed by atoms with Gasteiger partial charge < -0.3 is 0 Å². The molecule has 0 bridgehead atoms. The van der Waals surface area contributed by atoms with E-state index in [-0.39, 0.29) is 0 Å². The van der Waals surface area contributed by atoms with Crippen molar-refractivity contribution in [1.82, 2.24) is 9.97 Å². The third kappa shape index (κ3) is 7.22. The summed E-state index contributed by atoms with van der Waals surface area (Å²) >= 11 is 1.73. The van der Waals surface area contributed by atoms with Crippen molar-refractivity contribution in [3.63, 3.8) is 0 Å². The van der Waals surface area contributed by atoms with Crippen LogP contribution in [0.2, 0.25) is 0 Å². The predicted molar refractivity (Wildman–Crippen MR) is 258 cm³/mol. The van der Waals surface area contributed by atoms with E-state index in [0.717, 1.165) is 71.5 Å². The number of hydrogen-bond donors (Lipinski definition) is 0. The first-order valence-corrected chi connectivity index (χ1v) is 21.4. The molecule has 3 heteroatoms. The number of benzene rings is 9. The summed E-state index contributed by atoms with van der Waals surface area (Å²) in [6, 6.07) is 82.6. The van der Waals surface area contributed by atoms with E-state index in [4.69, 9.17) is 9.97 Å². The molecule has 0 radical (unpaired) electrons. The van der Waals surface area contributed by atoms with Crippen molar-refractivity contribution >= 4 is 31.6 Å². The van der Waals surface area contributed by atoms with Crippen LogP contribution in [0, 0.1) is 0 Å². The van der Waals surface area contributed by atoms with Crippen LogP contribution in [0.25, 0.3) is 110 Å². The van der Waals surface area contributed by atoms with Crippen molar-refractivity contribution in [2.75, 3.05) is 0 Å². The highest BCUT2D eigenvalue weighted by atomic mass is 32.1. The first kappa shape index (κ1) is 36.4. The van der Waals surface area contributed by atoms with Crippen molar-refractivity contribution in [3.8, 4) is 89.4 Å². The Morgan fingerprint density at radius 3 is 0.967 bits per heavy atom. The van der Waals surface area contributed by atoms with Crippen molar-refractivity contribution in [1.29, 1.82) is 0 Å². The summed E-state index contributed by atoms with van der Waals surface area (Å²) in [4.78, 5) is 11.9. The van der Waals surface area contributed by atoms with Gasteiger partial charge in [-0.05, 0) is 127 Å². The molecule has 11 aromatic rings. The third-order valence-corrected chi connectivity index (χ3v) is 12.5. The Hall–Kier alpha value is -7.72. The van der Waals surface area contributed by atoms with Gasteiger partial charge in [-0.1, -0.05) is 170 Å². The zero-order chi connectivity index (χ0) is 40.5. The monoisotopic (exact) mass is 794 g/mol. The standard InChI is InChI=1S/C58H38N2S/c1-6-18-39(19-7-1)44-30-45(40-20-8-2-9-21-40)33-48(32-44)50-36-51(49-34-46(41-22-10-3-11-23-41)31-47(35-49)42-24-12-4-13-25-42)38-52(37-50)57-59-56(43-26-14-5-15-27-43)55-53-28-16-17-29-54(53)61-58(55)60-57/h1-38H. The number of hydrogen-bond acceptors (Lipinski definition) is 3. The van der Waals surface area contributed by atoms with Crippen LogP contribution in [-0.4, -0.2) is 9.97 Å². The number of rotatable bonds is 8. The van der Waals surface area contributed by atoms with Gasteiger partial charge in [0.1, 0.15) is 4.83 Å². The predicted octanol–water partition coefficient (Wildman–Crippen LogP) is 16.2. The summed E-state index contributed by atoms with van der Waals surface area (Å²) in [5, 5.41) is 2.28. The fourth-order valence-corrected chi connectivity index (χ4v) is 9.50. The highest BCUT2D eigenvalue weighted by molar-refractivity contribution is 7.25. The Labute approximate surface area is 359 Å². The third-order valence-electron chi connectivity index (χ3n) is 11.4. The minimum atomic E-state index is 0.700. The molecule has 9 aromatic carbocycles. The lowest BCUT2D eigenvalue weighted by Gasteiger charge is -2.16. The zero-order valence-corrected chi connectivity index (χ0v) is 34.1. The van der Waals surface area contributed by atoms with Gasteiger partial charge in [-0.2, -0.15) is 0 Å². The van der Waals surface area contributed by atoms with E-state index in [0.29, 0.717) is 5.82 Å². The first-order chi connectivity index (χ1) is 30.2. The summed E-state index contributed by atoms with van der Waals surface area (Å²) in [5.41, 5.74) is 16.7. The van der Waals surface area contributed by atoms with Crippen LogP contribution < -0.4 is 0 Å². The topological polar surface area (TPSA) is 25.8 Å². The van der Waals surface area contributed by atoms with Gasteiger partial charge >= 0.3 is 0 Å². The van der Waals surface area contributed by atoms with Gasteiger partial charge in [0.05, 0.1) is 5.69 Å². The van der Waals surface area contributed by atoms with Crippen LogP contribution >= 0.6 is 11.3 Å². The van der Waals surface area contributed by atoms with Crippen molar-refractivity contribution < 1.29 is 0 Å². The lowest BCUT2D eigenvalue weighted by Crippen LogP contribution is -1.95. The van der Waals surface area contributed by atoms with Crippen LogP contribution in [-0.2, 0) is 0 Å². The Balaban J connectivity index is 1.19. The molecule has 0 aliphatic carbocycles. The molecule has 0 fully saturated rings. The van der Waals surface area contributed by atoms with E-state index in [1.54, 1.807) is 11.3 Å². The molecule has 2 nitrogen and oxygen atoms in total. The average Bonchev–Trinajstić information content (AvgIpc) is 3.73. The molecule has 0 aliphatic rings. The number of aromatic nitrogens is 2.